The number of carbonyl (C=O) groups is 1. The molecule has 1 rings (SSSR count). The second-order valence-corrected chi connectivity index (χ2v) is 5.36. The third kappa shape index (κ3) is 3.70. The molecule has 0 aromatic heterocycles. The number of nitrogens with two attached hydrogens (primary N) is 1. The highest BCUT2D eigenvalue weighted by molar-refractivity contribution is 5.68. The molecule has 1 saturated heterocycles. The molecule has 2 atom stereocenters. The molecule has 4 nitrogen and oxygen atoms in total. The maximum atomic E-state index is 11.7. The van der Waals surface area contributed by atoms with E-state index in [-0.39, 0.29) is 12.1 Å². The largest absolute Gasteiger partial charge is 0.444 e. The zero-order valence-corrected chi connectivity index (χ0v) is 10.1. The highest BCUT2D eigenvalue weighted by Crippen LogP contribution is 2.17. The van der Waals surface area contributed by atoms with Gasteiger partial charge in [0.25, 0.3) is 0 Å². The molecule has 1 amide bonds. The average molecular weight is 214 g/mol. The molecule has 0 aromatic carbocycles. The van der Waals surface area contributed by atoms with Crippen molar-refractivity contribution in [3.05, 3.63) is 0 Å². The molecule has 0 bridgehead atoms. The van der Waals surface area contributed by atoms with Crippen molar-refractivity contribution in [1.29, 1.82) is 0 Å². The Morgan fingerprint density at radius 3 is 2.53 bits per heavy atom. The Labute approximate surface area is 91.8 Å². The van der Waals surface area contributed by atoms with Gasteiger partial charge in [-0.05, 0) is 33.1 Å². The summed E-state index contributed by atoms with van der Waals surface area (Å²) in [5.41, 5.74) is 5.47. The Balaban J connectivity index is 2.48. The first-order valence-electron chi connectivity index (χ1n) is 5.53. The normalized spacial score (nSPS) is 27.7. The lowest BCUT2D eigenvalue weighted by atomic mass is 9.95. The second kappa shape index (κ2) is 4.39. The van der Waals surface area contributed by atoms with E-state index in [1.165, 1.54) is 0 Å². The number of rotatable bonds is 0. The van der Waals surface area contributed by atoms with Crippen molar-refractivity contribution in [3.63, 3.8) is 0 Å². The van der Waals surface area contributed by atoms with Crippen molar-refractivity contribution in [1.82, 2.24) is 4.90 Å². The van der Waals surface area contributed by atoms with Crippen molar-refractivity contribution in [2.24, 2.45) is 11.7 Å². The van der Waals surface area contributed by atoms with Crippen LogP contribution in [0.4, 0.5) is 4.79 Å². The molecule has 88 valence electrons. The Morgan fingerprint density at radius 1 is 1.47 bits per heavy atom. The minimum Gasteiger partial charge on any atom is -0.444 e. The summed E-state index contributed by atoms with van der Waals surface area (Å²) in [6.45, 7) is 9.12. The maximum Gasteiger partial charge on any atom is 0.410 e. The standard InChI is InChI=1S/C11H22N2O2/c1-8-7-13(6-5-9(8)12)10(14)15-11(2,3)4/h8-9H,5-7,12H2,1-4H3/t8?,9-/m0/s1. The number of ether oxygens (including phenoxy) is 1. The molecule has 0 spiro atoms. The van der Waals surface area contributed by atoms with E-state index in [1.807, 2.05) is 20.8 Å². The lowest BCUT2D eigenvalue weighted by Crippen LogP contribution is -2.49. The van der Waals surface area contributed by atoms with Crippen LogP contribution in [0.2, 0.25) is 0 Å². The number of carbonyl (C=O) groups excluding carboxylic acids is 1. The molecule has 2 N–H and O–H groups in total. The summed E-state index contributed by atoms with van der Waals surface area (Å²) < 4.78 is 5.31. The van der Waals surface area contributed by atoms with Crippen molar-refractivity contribution < 1.29 is 9.53 Å². The van der Waals surface area contributed by atoms with E-state index in [0.717, 1.165) is 6.42 Å². The first-order valence-corrected chi connectivity index (χ1v) is 5.53. The zero-order valence-electron chi connectivity index (χ0n) is 10.1. The Kier molecular flexibility index (Phi) is 3.60. The van der Waals surface area contributed by atoms with Gasteiger partial charge in [0.05, 0.1) is 0 Å². The van der Waals surface area contributed by atoms with Gasteiger partial charge in [0, 0.05) is 19.1 Å². The molecule has 0 radical (unpaired) electrons. The van der Waals surface area contributed by atoms with E-state index >= 15 is 0 Å². The average Bonchev–Trinajstić information content (AvgIpc) is 2.06. The molecule has 1 heterocycles. The lowest BCUT2D eigenvalue weighted by Gasteiger charge is -2.35. The molecule has 1 unspecified atom stereocenters. The highest BCUT2D eigenvalue weighted by Gasteiger charge is 2.29. The lowest BCUT2D eigenvalue weighted by molar-refractivity contribution is 0.0158. The fraction of sp³-hybridized carbons (Fsp3) is 0.909. The van der Waals surface area contributed by atoms with Crippen LogP contribution in [0.3, 0.4) is 0 Å². The van der Waals surface area contributed by atoms with Gasteiger partial charge in [-0.15, -0.1) is 0 Å². The summed E-state index contributed by atoms with van der Waals surface area (Å²) in [5.74, 6) is 0.353. The van der Waals surface area contributed by atoms with Crippen LogP contribution in [0, 0.1) is 5.92 Å². The minimum absolute atomic E-state index is 0.212. The fourth-order valence-corrected chi connectivity index (χ4v) is 1.66. The maximum absolute atomic E-state index is 11.7. The Morgan fingerprint density at radius 2 is 2.07 bits per heavy atom. The highest BCUT2D eigenvalue weighted by atomic mass is 16.6. The SMILES string of the molecule is CC1CN(C(=O)OC(C)(C)C)CC[C@@H]1N. The third-order valence-electron chi connectivity index (χ3n) is 2.62. The van der Waals surface area contributed by atoms with Gasteiger partial charge in [-0.3, -0.25) is 0 Å². The van der Waals surface area contributed by atoms with Crippen LogP contribution in [0.1, 0.15) is 34.1 Å². The number of nitrogens with zero attached hydrogens (tertiary/aromatic N) is 1. The molecule has 1 aliphatic heterocycles. The van der Waals surface area contributed by atoms with E-state index in [9.17, 15) is 4.79 Å². The minimum atomic E-state index is -0.417. The summed E-state index contributed by atoms with van der Waals surface area (Å²) >= 11 is 0. The molecule has 1 aliphatic rings. The number of hydrogen-bond donors (Lipinski definition) is 1. The summed E-state index contributed by atoms with van der Waals surface area (Å²) in [4.78, 5) is 13.5. The molecule has 1 fully saturated rings. The van der Waals surface area contributed by atoms with Crippen molar-refractivity contribution in [2.75, 3.05) is 13.1 Å². The van der Waals surface area contributed by atoms with Gasteiger partial charge in [-0.1, -0.05) is 6.92 Å². The van der Waals surface area contributed by atoms with Crippen molar-refractivity contribution in [3.8, 4) is 0 Å². The van der Waals surface area contributed by atoms with E-state index < -0.39 is 5.60 Å². The predicted octanol–water partition coefficient (Wildman–Crippen LogP) is 1.59. The number of likely N-dealkylation sites (tertiary alicyclic amines) is 1. The predicted molar refractivity (Wildman–Crippen MR) is 59.6 cm³/mol. The van der Waals surface area contributed by atoms with Gasteiger partial charge in [0.15, 0.2) is 0 Å². The molecule has 0 aliphatic carbocycles. The second-order valence-electron chi connectivity index (χ2n) is 5.36. The summed E-state index contributed by atoms with van der Waals surface area (Å²) in [6, 6.07) is 0.212. The number of piperidine rings is 1. The summed E-state index contributed by atoms with van der Waals surface area (Å²) in [5, 5.41) is 0. The smallest absolute Gasteiger partial charge is 0.410 e. The van der Waals surface area contributed by atoms with Crippen LogP contribution >= 0.6 is 0 Å². The van der Waals surface area contributed by atoms with Crippen molar-refractivity contribution in [2.45, 2.75) is 45.8 Å². The number of hydrogen-bond acceptors (Lipinski definition) is 3. The van der Waals surface area contributed by atoms with Crippen molar-refractivity contribution >= 4 is 6.09 Å². The van der Waals surface area contributed by atoms with Crippen LogP contribution in [-0.2, 0) is 4.74 Å². The topological polar surface area (TPSA) is 55.6 Å². The van der Waals surface area contributed by atoms with Crippen LogP contribution in [0.5, 0.6) is 0 Å². The van der Waals surface area contributed by atoms with E-state index in [0.29, 0.717) is 19.0 Å². The zero-order chi connectivity index (χ0) is 11.6. The monoisotopic (exact) mass is 214 g/mol. The van der Waals surface area contributed by atoms with Crippen LogP contribution in [0.15, 0.2) is 0 Å². The molecule has 0 aromatic rings. The van der Waals surface area contributed by atoms with Gasteiger partial charge in [-0.25, -0.2) is 4.79 Å². The number of amides is 1. The quantitative estimate of drug-likeness (QED) is 0.666. The molecular weight excluding hydrogens is 192 g/mol. The van der Waals surface area contributed by atoms with Crippen LogP contribution < -0.4 is 5.73 Å². The summed E-state index contributed by atoms with van der Waals surface area (Å²) in [7, 11) is 0. The van der Waals surface area contributed by atoms with Gasteiger partial charge in [0.1, 0.15) is 5.60 Å². The molecular formula is C11H22N2O2. The van der Waals surface area contributed by atoms with Gasteiger partial charge in [0.2, 0.25) is 0 Å². The van der Waals surface area contributed by atoms with Gasteiger partial charge < -0.3 is 15.4 Å². The molecule has 15 heavy (non-hydrogen) atoms. The first-order chi connectivity index (χ1) is 6.79. The summed E-state index contributed by atoms with van der Waals surface area (Å²) in [6.07, 6.45) is 0.640. The van der Waals surface area contributed by atoms with Gasteiger partial charge in [-0.2, -0.15) is 0 Å². The van der Waals surface area contributed by atoms with Crippen LogP contribution in [0.25, 0.3) is 0 Å². The first kappa shape index (κ1) is 12.3. The Hall–Kier alpha value is -0.770. The van der Waals surface area contributed by atoms with Gasteiger partial charge >= 0.3 is 6.09 Å². The van der Waals surface area contributed by atoms with E-state index in [2.05, 4.69) is 6.92 Å². The molecule has 0 saturated carbocycles. The van der Waals surface area contributed by atoms with E-state index in [4.69, 9.17) is 10.5 Å². The van der Waals surface area contributed by atoms with E-state index in [1.54, 1.807) is 4.90 Å². The fourth-order valence-electron chi connectivity index (χ4n) is 1.66. The Bertz CT molecular complexity index is 235. The third-order valence-corrected chi connectivity index (χ3v) is 2.62. The molecule has 4 heteroatoms. The van der Waals surface area contributed by atoms with Crippen LogP contribution in [-0.4, -0.2) is 35.7 Å².